The molecule has 8 aromatic rings. The molecule has 1 fully saturated rings. The number of hydrogen-bond acceptors (Lipinski definition) is 2. The molecule has 0 atom stereocenters. The summed E-state index contributed by atoms with van der Waals surface area (Å²) >= 11 is 1.89. The van der Waals surface area contributed by atoms with Crippen LogP contribution in [0.3, 0.4) is 0 Å². The van der Waals surface area contributed by atoms with E-state index in [1.165, 1.54) is 109 Å². The van der Waals surface area contributed by atoms with Gasteiger partial charge in [-0.25, -0.2) is 0 Å². The lowest BCUT2D eigenvalue weighted by Gasteiger charge is -2.35. The van der Waals surface area contributed by atoms with Crippen LogP contribution < -0.4 is 4.90 Å². The first-order chi connectivity index (χ1) is 24.3. The first-order valence-electron chi connectivity index (χ1n) is 17.7. The van der Waals surface area contributed by atoms with Crippen molar-refractivity contribution < 1.29 is 0 Å². The number of anilines is 3. The molecule has 2 heteroatoms. The van der Waals surface area contributed by atoms with Gasteiger partial charge in [0.05, 0.1) is 0 Å². The summed E-state index contributed by atoms with van der Waals surface area (Å²) in [6, 6.07) is 60.9. The maximum atomic E-state index is 2.44. The van der Waals surface area contributed by atoms with Gasteiger partial charge in [0.15, 0.2) is 0 Å². The summed E-state index contributed by atoms with van der Waals surface area (Å²) in [5, 5.41) is 5.17. The number of thiophene rings is 1. The van der Waals surface area contributed by atoms with Crippen molar-refractivity contribution >= 4 is 59.3 Å². The van der Waals surface area contributed by atoms with Crippen molar-refractivity contribution in [2.45, 2.75) is 43.9 Å². The Hall–Kier alpha value is -5.18. The minimum absolute atomic E-state index is 0.0660. The molecule has 0 N–H and O–H groups in total. The average Bonchev–Trinajstić information content (AvgIpc) is 3.35. The summed E-state index contributed by atoms with van der Waals surface area (Å²) in [5.74, 6) is 0. The molecule has 1 nitrogen and oxygen atoms in total. The van der Waals surface area contributed by atoms with Crippen molar-refractivity contribution in [1.82, 2.24) is 0 Å². The number of rotatable bonds is 6. The van der Waals surface area contributed by atoms with Crippen LogP contribution in [0.2, 0.25) is 0 Å². The van der Waals surface area contributed by atoms with Crippen LogP contribution in [0.25, 0.3) is 42.1 Å². The van der Waals surface area contributed by atoms with Gasteiger partial charge in [0.1, 0.15) is 0 Å². The lowest BCUT2D eigenvalue weighted by Crippen LogP contribution is -2.27. The third-order valence-corrected chi connectivity index (χ3v) is 11.9. The Kier molecular flexibility index (Phi) is 7.75. The van der Waals surface area contributed by atoms with Crippen molar-refractivity contribution in [3.8, 4) is 11.1 Å². The van der Waals surface area contributed by atoms with Crippen molar-refractivity contribution in [2.75, 3.05) is 4.90 Å². The van der Waals surface area contributed by atoms with Gasteiger partial charge in [0.25, 0.3) is 0 Å². The van der Waals surface area contributed by atoms with Gasteiger partial charge >= 0.3 is 0 Å². The van der Waals surface area contributed by atoms with Crippen molar-refractivity contribution in [2.24, 2.45) is 0 Å². The van der Waals surface area contributed by atoms with Crippen LogP contribution in [0.4, 0.5) is 17.1 Å². The molecule has 1 saturated carbocycles. The van der Waals surface area contributed by atoms with Crippen LogP contribution in [-0.4, -0.2) is 0 Å². The van der Waals surface area contributed by atoms with E-state index in [9.17, 15) is 0 Å². The van der Waals surface area contributed by atoms with E-state index in [0.29, 0.717) is 0 Å². The predicted molar refractivity (Wildman–Crippen MR) is 212 cm³/mol. The molecular weight excluding hydrogens is 611 g/mol. The monoisotopic (exact) mass is 649 g/mol. The molecule has 0 unspecified atom stereocenters. The second kappa shape index (κ2) is 12.7. The van der Waals surface area contributed by atoms with Crippen LogP contribution in [0.15, 0.2) is 164 Å². The fourth-order valence-corrected chi connectivity index (χ4v) is 9.50. The maximum Gasteiger partial charge on any atom is 0.0476 e. The molecule has 1 aromatic heterocycles. The van der Waals surface area contributed by atoms with E-state index in [-0.39, 0.29) is 5.41 Å². The quantitative estimate of drug-likeness (QED) is 0.162. The van der Waals surface area contributed by atoms with Crippen molar-refractivity contribution in [3.05, 3.63) is 175 Å². The van der Waals surface area contributed by atoms with Crippen LogP contribution in [0.1, 0.15) is 49.7 Å². The van der Waals surface area contributed by atoms with Crippen molar-refractivity contribution in [1.29, 1.82) is 0 Å². The Bertz CT molecular complexity index is 2380. The molecule has 49 heavy (non-hydrogen) atoms. The zero-order chi connectivity index (χ0) is 32.6. The lowest BCUT2D eigenvalue weighted by molar-refractivity contribution is 0.446. The summed E-state index contributed by atoms with van der Waals surface area (Å²) < 4.78 is 2.63. The molecule has 1 aliphatic rings. The van der Waals surface area contributed by atoms with E-state index >= 15 is 0 Å². The van der Waals surface area contributed by atoms with Gasteiger partial charge in [0.2, 0.25) is 0 Å². The number of nitrogens with zero attached hydrogens (tertiary/aromatic N) is 1. The highest BCUT2D eigenvalue weighted by Crippen LogP contribution is 2.47. The zero-order valence-electron chi connectivity index (χ0n) is 27.7. The molecule has 7 aromatic carbocycles. The predicted octanol–water partition coefficient (Wildman–Crippen LogP) is 14.0. The summed E-state index contributed by atoms with van der Waals surface area (Å²) in [7, 11) is 0. The van der Waals surface area contributed by atoms with Gasteiger partial charge in [-0.3, -0.25) is 0 Å². The van der Waals surface area contributed by atoms with Crippen LogP contribution >= 0.6 is 11.3 Å². The standard InChI is InChI=1S/C47H39NS/c1-2-12-31-47(30-11-1,37-18-7-4-8-19-37)38-23-26-39(27-24-38)48(40-25-22-34-14-9-10-17-36(34)32-40)41-28-29-43-45(33-41)49-44-21-13-20-42(46(43)44)35-15-5-3-6-16-35/h3-10,13-29,32-33H,1-2,11-12,30-31H2. The molecule has 9 rings (SSSR count). The second-order valence-corrected chi connectivity index (χ2v) is 14.7. The molecule has 0 aliphatic heterocycles. The Morgan fingerprint density at radius 1 is 0.449 bits per heavy atom. The second-order valence-electron chi connectivity index (χ2n) is 13.6. The third kappa shape index (κ3) is 5.41. The van der Waals surface area contributed by atoms with E-state index in [0.717, 1.165) is 0 Å². The van der Waals surface area contributed by atoms with Gasteiger partial charge in [-0.2, -0.15) is 0 Å². The van der Waals surface area contributed by atoms with Gasteiger partial charge in [-0.05, 0) is 88.3 Å². The van der Waals surface area contributed by atoms with Gasteiger partial charge in [-0.1, -0.05) is 147 Å². The fourth-order valence-electron chi connectivity index (χ4n) is 8.34. The minimum atomic E-state index is 0.0660. The number of hydrogen-bond donors (Lipinski definition) is 0. The zero-order valence-corrected chi connectivity index (χ0v) is 28.5. The van der Waals surface area contributed by atoms with E-state index in [2.05, 4.69) is 169 Å². The molecule has 1 heterocycles. The summed E-state index contributed by atoms with van der Waals surface area (Å²) in [5.41, 5.74) is 9.05. The van der Waals surface area contributed by atoms with Gasteiger partial charge in [0, 0.05) is 42.6 Å². The molecule has 0 amide bonds. The van der Waals surface area contributed by atoms with Crippen molar-refractivity contribution in [3.63, 3.8) is 0 Å². The van der Waals surface area contributed by atoms with E-state index in [1.54, 1.807) is 0 Å². The molecule has 0 radical (unpaired) electrons. The number of fused-ring (bicyclic) bond motifs is 4. The van der Waals surface area contributed by atoms with Crippen LogP contribution in [0, 0.1) is 0 Å². The van der Waals surface area contributed by atoms with E-state index in [1.807, 2.05) is 11.3 Å². The minimum Gasteiger partial charge on any atom is -0.310 e. The topological polar surface area (TPSA) is 3.24 Å². The Morgan fingerprint density at radius 3 is 1.86 bits per heavy atom. The summed E-state index contributed by atoms with van der Waals surface area (Å²) in [6.07, 6.45) is 7.63. The smallest absolute Gasteiger partial charge is 0.0476 e. The van der Waals surface area contributed by atoms with E-state index in [4.69, 9.17) is 0 Å². The Balaban J connectivity index is 1.19. The van der Waals surface area contributed by atoms with E-state index < -0.39 is 0 Å². The third-order valence-electron chi connectivity index (χ3n) is 10.8. The maximum absolute atomic E-state index is 2.44. The lowest BCUT2D eigenvalue weighted by atomic mass is 9.69. The fraction of sp³-hybridized carbons (Fsp3) is 0.149. The molecule has 238 valence electrons. The van der Waals surface area contributed by atoms with Gasteiger partial charge in [-0.15, -0.1) is 11.3 Å². The van der Waals surface area contributed by atoms with Crippen LogP contribution in [0.5, 0.6) is 0 Å². The first kappa shape index (κ1) is 29.9. The molecule has 0 spiro atoms. The Labute approximate surface area is 293 Å². The Morgan fingerprint density at radius 2 is 1.08 bits per heavy atom. The molecule has 1 aliphatic carbocycles. The normalized spacial score (nSPS) is 14.6. The molecular formula is C47H39NS. The summed E-state index contributed by atoms with van der Waals surface area (Å²) in [4.78, 5) is 2.44. The van der Waals surface area contributed by atoms with Crippen LogP contribution in [-0.2, 0) is 5.41 Å². The SMILES string of the molecule is c1ccc(-c2cccc3sc4cc(N(c5ccc(C6(c7ccccc7)CCCCCC6)cc5)c5ccc6ccccc6c5)ccc4c23)cc1. The highest BCUT2D eigenvalue weighted by atomic mass is 32.1. The largest absolute Gasteiger partial charge is 0.310 e. The first-order valence-corrected chi connectivity index (χ1v) is 18.5. The molecule has 0 saturated heterocycles. The van der Waals surface area contributed by atoms with Gasteiger partial charge < -0.3 is 4.90 Å². The number of benzene rings is 7. The average molecular weight is 650 g/mol. The highest BCUT2D eigenvalue weighted by molar-refractivity contribution is 7.26. The molecule has 0 bridgehead atoms. The summed E-state index contributed by atoms with van der Waals surface area (Å²) in [6.45, 7) is 0. The highest BCUT2D eigenvalue weighted by Gasteiger charge is 2.34.